The van der Waals surface area contributed by atoms with Crippen LogP contribution in [-0.4, -0.2) is 17.3 Å². The molecule has 0 atom stereocenters. The highest BCUT2D eigenvalue weighted by Crippen LogP contribution is 2.35. The van der Waals surface area contributed by atoms with Crippen molar-refractivity contribution in [2.75, 3.05) is 12.1 Å². The van der Waals surface area contributed by atoms with Crippen LogP contribution < -0.4 is 14.8 Å². The van der Waals surface area contributed by atoms with Crippen molar-refractivity contribution in [1.29, 1.82) is 5.26 Å². The lowest BCUT2D eigenvalue weighted by atomic mass is 10.1. The Kier molecular flexibility index (Phi) is 5.03. The lowest BCUT2D eigenvalue weighted by Crippen LogP contribution is -2.13. The van der Waals surface area contributed by atoms with E-state index in [0.717, 1.165) is 34.0 Å². The molecule has 2 aromatic carbocycles. The third kappa shape index (κ3) is 3.65. The van der Waals surface area contributed by atoms with E-state index in [1.165, 1.54) is 0 Å². The Morgan fingerprint density at radius 1 is 1.07 bits per heavy atom. The maximum absolute atomic E-state index is 12.6. The lowest BCUT2D eigenvalue weighted by molar-refractivity contribution is -0.112. The number of ether oxygens (including phenoxy) is 2. The number of anilines is 1. The molecule has 0 radical (unpaired) electrons. The van der Waals surface area contributed by atoms with Crippen molar-refractivity contribution in [1.82, 2.24) is 4.57 Å². The maximum Gasteiger partial charge on any atom is 0.266 e. The summed E-state index contributed by atoms with van der Waals surface area (Å²) < 4.78 is 12.9. The van der Waals surface area contributed by atoms with E-state index in [-0.39, 0.29) is 12.4 Å². The van der Waals surface area contributed by atoms with Crippen molar-refractivity contribution in [2.24, 2.45) is 0 Å². The molecule has 1 N–H and O–H groups in total. The number of nitrogens with one attached hydrogen (secondary N) is 1. The van der Waals surface area contributed by atoms with Crippen LogP contribution >= 0.6 is 0 Å². The van der Waals surface area contributed by atoms with Gasteiger partial charge < -0.3 is 19.4 Å². The van der Waals surface area contributed by atoms with Crippen LogP contribution in [0.5, 0.6) is 11.5 Å². The molecular weight excluding hydrogens is 378 g/mol. The van der Waals surface area contributed by atoms with Gasteiger partial charge in [-0.2, -0.15) is 5.26 Å². The molecule has 0 saturated carbocycles. The van der Waals surface area contributed by atoms with Gasteiger partial charge in [0.15, 0.2) is 11.5 Å². The third-order valence-electron chi connectivity index (χ3n) is 5.06. The van der Waals surface area contributed by atoms with E-state index >= 15 is 0 Å². The third-order valence-corrected chi connectivity index (χ3v) is 5.06. The van der Waals surface area contributed by atoms with E-state index in [4.69, 9.17) is 9.47 Å². The molecule has 1 aliphatic heterocycles. The Bertz CT molecular complexity index is 1200. The molecular formula is C24H21N3O3. The number of carbonyl (C=O) groups excluding carboxylic acids is 1. The molecule has 0 fully saturated rings. The van der Waals surface area contributed by atoms with Gasteiger partial charge in [-0.05, 0) is 62.7 Å². The quantitative estimate of drug-likeness (QED) is 0.511. The van der Waals surface area contributed by atoms with E-state index in [1.807, 2.05) is 75.4 Å². The Balaban J connectivity index is 1.64. The lowest BCUT2D eigenvalue weighted by Gasteiger charge is -2.10. The van der Waals surface area contributed by atoms with Crippen molar-refractivity contribution < 1.29 is 14.3 Å². The van der Waals surface area contributed by atoms with Gasteiger partial charge in [0.1, 0.15) is 11.6 Å². The molecule has 2 heterocycles. The molecule has 1 aromatic heterocycles. The molecule has 6 nitrogen and oxygen atoms in total. The molecule has 0 aliphatic carbocycles. The maximum atomic E-state index is 12.6. The molecule has 0 spiro atoms. The summed E-state index contributed by atoms with van der Waals surface area (Å²) in [6.45, 7) is 6.13. The summed E-state index contributed by atoms with van der Waals surface area (Å²) in [5, 5.41) is 12.3. The van der Waals surface area contributed by atoms with Gasteiger partial charge >= 0.3 is 0 Å². The second-order valence-corrected chi connectivity index (χ2v) is 7.19. The predicted molar refractivity (Wildman–Crippen MR) is 115 cm³/mol. The zero-order chi connectivity index (χ0) is 21.3. The number of carbonyl (C=O) groups is 1. The van der Waals surface area contributed by atoms with Crippen LogP contribution in [0.3, 0.4) is 0 Å². The SMILES string of the molecule is Cc1ccc(NC(=O)/C(C#N)=C/c2cc(C)n(-c3ccc4c(c3)OCO4)c2C)cc1. The van der Waals surface area contributed by atoms with Gasteiger partial charge in [0.2, 0.25) is 6.79 Å². The zero-order valence-electron chi connectivity index (χ0n) is 17.0. The van der Waals surface area contributed by atoms with Gasteiger partial charge in [0, 0.05) is 28.8 Å². The smallest absolute Gasteiger partial charge is 0.266 e. The fourth-order valence-corrected chi connectivity index (χ4v) is 3.49. The van der Waals surface area contributed by atoms with Crippen molar-refractivity contribution in [3.05, 3.63) is 76.6 Å². The highest BCUT2D eigenvalue weighted by molar-refractivity contribution is 6.09. The summed E-state index contributed by atoms with van der Waals surface area (Å²) in [6.07, 6.45) is 1.62. The van der Waals surface area contributed by atoms with Gasteiger partial charge in [-0.1, -0.05) is 17.7 Å². The van der Waals surface area contributed by atoms with Crippen molar-refractivity contribution >= 4 is 17.7 Å². The first-order valence-corrected chi connectivity index (χ1v) is 9.55. The number of nitrogens with zero attached hydrogens (tertiary/aromatic N) is 2. The highest BCUT2D eigenvalue weighted by atomic mass is 16.7. The summed E-state index contributed by atoms with van der Waals surface area (Å²) in [5.74, 6) is 0.988. The van der Waals surface area contributed by atoms with Crippen molar-refractivity contribution in [3.8, 4) is 23.3 Å². The first kappa shape index (κ1) is 19.3. The van der Waals surface area contributed by atoms with Gasteiger partial charge in [-0.25, -0.2) is 0 Å². The van der Waals surface area contributed by atoms with Crippen LogP contribution in [0.1, 0.15) is 22.5 Å². The van der Waals surface area contributed by atoms with Crippen LogP contribution in [0.2, 0.25) is 0 Å². The minimum absolute atomic E-state index is 0.0431. The minimum atomic E-state index is -0.436. The van der Waals surface area contributed by atoms with Crippen LogP contribution in [0.4, 0.5) is 5.69 Å². The number of benzene rings is 2. The van der Waals surface area contributed by atoms with Crippen LogP contribution in [0, 0.1) is 32.1 Å². The van der Waals surface area contributed by atoms with E-state index in [2.05, 4.69) is 9.88 Å². The van der Waals surface area contributed by atoms with Crippen LogP contribution in [0.25, 0.3) is 11.8 Å². The number of hydrogen-bond acceptors (Lipinski definition) is 4. The Morgan fingerprint density at radius 3 is 2.53 bits per heavy atom. The zero-order valence-corrected chi connectivity index (χ0v) is 17.0. The Morgan fingerprint density at radius 2 is 1.80 bits per heavy atom. The molecule has 150 valence electrons. The fraction of sp³-hybridized carbons (Fsp3) is 0.167. The average Bonchev–Trinajstić information content (AvgIpc) is 3.31. The molecule has 0 unspecified atom stereocenters. The highest BCUT2D eigenvalue weighted by Gasteiger charge is 2.17. The van der Waals surface area contributed by atoms with Gasteiger partial charge in [0.25, 0.3) is 5.91 Å². The topological polar surface area (TPSA) is 76.3 Å². The number of nitriles is 1. The number of amides is 1. The number of fused-ring (bicyclic) bond motifs is 1. The van der Waals surface area contributed by atoms with Crippen molar-refractivity contribution in [3.63, 3.8) is 0 Å². The average molecular weight is 399 g/mol. The van der Waals surface area contributed by atoms with E-state index in [1.54, 1.807) is 6.08 Å². The van der Waals surface area contributed by atoms with Gasteiger partial charge in [0.05, 0.1) is 0 Å². The van der Waals surface area contributed by atoms with Gasteiger partial charge in [-0.3, -0.25) is 4.79 Å². The fourth-order valence-electron chi connectivity index (χ4n) is 3.49. The summed E-state index contributed by atoms with van der Waals surface area (Å²) in [4.78, 5) is 12.6. The molecule has 0 bridgehead atoms. The van der Waals surface area contributed by atoms with Crippen LogP contribution in [-0.2, 0) is 4.79 Å². The second-order valence-electron chi connectivity index (χ2n) is 7.19. The second kappa shape index (κ2) is 7.80. The first-order chi connectivity index (χ1) is 14.5. The predicted octanol–water partition coefficient (Wildman–Crippen LogP) is 4.68. The van der Waals surface area contributed by atoms with E-state index in [0.29, 0.717) is 11.4 Å². The Hall–Kier alpha value is -3.98. The monoisotopic (exact) mass is 399 g/mol. The largest absolute Gasteiger partial charge is 0.454 e. The normalized spacial score (nSPS) is 12.5. The first-order valence-electron chi connectivity index (χ1n) is 9.55. The number of rotatable bonds is 4. The molecule has 0 saturated heterocycles. The van der Waals surface area contributed by atoms with E-state index in [9.17, 15) is 10.1 Å². The van der Waals surface area contributed by atoms with Crippen LogP contribution in [0.15, 0.2) is 54.1 Å². The molecule has 3 aromatic rings. The summed E-state index contributed by atoms with van der Waals surface area (Å²) in [6, 6.07) is 17.2. The summed E-state index contributed by atoms with van der Waals surface area (Å²) >= 11 is 0. The molecule has 6 heteroatoms. The molecule has 1 aliphatic rings. The van der Waals surface area contributed by atoms with Gasteiger partial charge in [-0.15, -0.1) is 0 Å². The molecule has 1 amide bonds. The number of aryl methyl sites for hydroxylation is 2. The standard InChI is InChI=1S/C24H21N3O3/c1-15-4-6-20(7-5-15)26-24(28)19(13-25)11-18-10-16(2)27(17(18)3)21-8-9-22-23(12-21)30-14-29-22/h4-12H,14H2,1-3H3,(H,26,28)/b19-11+. The van der Waals surface area contributed by atoms with Crippen molar-refractivity contribution in [2.45, 2.75) is 20.8 Å². The summed E-state index contributed by atoms with van der Waals surface area (Å²) in [7, 11) is 0. The minimum Gasteiger partial charge on any atom is -0.454 e. The number of hydrogen-bond donors (Lipinski definition) is 1. The number of aromatic nitrogens is 1. The summed E-state index contributed by atoms with van der Waals surface area (Å²) in [5.41, 5.74) is 5.42. The molecule has 30 heavy (non-hydrogen) atoms. The Labute approximate surface area is 175 Å². The van der Waals surface area contributed by atoms with E-state index < -0.39 is 5.91 Å². The molecule has 4 rings (SSSR count).